The van der Waals surface area contributed by atoms with Crippen molar-refractivity contribution in [1.29, 1.82) is 0 Å². The second-order valence-electron chi connectivity index (χ2n) is 3.81. The van der Waals surface area contributed by atoms with Crippen molar-refractivity contribution in [2.45, 2.75) is 0 Å². The summed E-state index contributed by atoms with van der Waals surface area (Å²) in [6.07, 6.45) is 0. The molecular weight excluding hydrogens is 413 g/mol. The first-order valence-corrected chi connectivity index (χ1v) is 7.06. The Hall–Kier alpha value is -1.61. The van der Waals surface area contributed by atoms with Gasteiger partial charge in [0.15, 0.2) is 0 Å². The lowest BCUT2D eigenvalue weighted by Crippen LogP contribution is -2.10. The second kappa shape index (κ2) is 6.44. The Morgan fingerprint density at radius 2 is 1.90 bits per heavy atom. The first-order chi connectivity index (χ1) is 9.97. The van der Waals surface area contributed by atoms with Gasteiger partial charge in [0.25, 0.3) is 0 Å². The molecule has 8 heteroatoms. The molecule has 0 aliphatic rings. The van der Waals surface area contributed by atoms with E-state index in [-0.39, 0.29) is 17.3 Å². The number of aromatic nitrogens is 1. The van der Waals surface area contributed by atoms with Crippen LogP contribution >= 0.6 is 34.2 Å². The number of oxazole rings is 1. The van der Waals surface area contributed by atoms with Gasteiger partial charge in [0, 0.05) is 9.13 Å². The molecule has 0 radical (unpaired) electrons. The van der Waals surface area contributed by atoms with Crippen LogP contribution in [-0.4, -0.2) is 31.1 Å². The van der Waals surface area contributed by atoms with E-state index < -0.39 is 11.9 Å². The van der Waals surface area contributed by atoms with Gasteiger partial charge in [-0.15, -0.1) is 0 Å². The highest BCUT2D eigenvalue weighted by atomic mass is 127. The van der Waals surface area contributed by atoms with Crippen LogP contribution < -0.4 is 0 Å². The summed E-state index contributed by atoms with van der Waals surface area (Å²) in [6, 6.07) is 5.09. The average molecular weight is 422 g/mol. The van der Waals surface area contributed by atoms with Crippen molar-refractivity contribution in [3.63, 3.8) is 0 Å². The van der Waals surface area contributed by atoms with Crippen LogP contribution in [-0.2, 0) is 9.47 Å². The molecule has 6 nitrogen and oxygen atoms in total. The van der Waals surface area contributed by atoms with Crippen LogP contribution in [0.15, 0.2) is 22.6 Å². The fraction of sp³-hybridized carbons (Fsp3) is 0.154. The fourth-order valence-corrected chi connectivity index (χ4v) is 2.05. The van der Waals surface area contributed by atoms with Crippen LogP contribution in [0.4, 0.5) is 0 Å². The maximum atomic E-state index is 11.6. The van der Waals surface area contributed by atoms with E-state index in [0.717, 1.165) is 3.57 Å². The molecule has 1 heterocycles. The number of esters is 2. The number of rotatable bonds is 3. The molecule has 0 atom stereocenters. The van der Waals surface area contributed by atoms with E-state index in [1.165, 1.54) is 14.2 Å². The molecule has 0 spiro atoms. The normalized spacial score (nSPS) is 10.3. The largest absolute Gasteiger partial charge is 0.464 e. The average Bonchev–Trinajstić information content (AvgIpc) is 2.93. The van der Waals surface area contributed by atoms with Crippen LogP contribution in [0, 0.1) is 3.57 Å². The summed E-state index contributed by atoms with van der Waals surface area (Å²) in [4.78, 5) is 27.3. The molecule has 0 fully saturated rings. The third-order valence-corrected chi connectivity index (χ3v) is 4.12. The summed E-state index contributed by atoms with van der Waals surface area (Å²) in [7, 11) is 2.35. The Bertz CT molecular complexity index is 679. The van der Waals surface area contributed by atoms with E-state index in [2.05, 4.69) is 37.0 Å². The van der Waals surface area contributed by atoms with Crippen molar-refractivity contribution in [1.82, 2.24) is 4.98 Å². The monoisotopic (exact) mass is 421 g/mol. The number of methoxy groups -OCH3 is 2. The van der Waals surface area contributed by atoms with Gasteiger partial charge in [-0.1, -0.05) is 11.6 Å². The number of halogens is 2. The first kappa shape index (κ1) is 15.8. The molecule has 0 saturated carbocycles. The topological polar surface area (TPSA) is 78.6 Å². The van der Waals surface area contributed by atoms with Crippen LogP contribution in [0.2, 0.25) is 5.02 Å². The molecule has 21 heavy (non-hydrogen) atoms. The number of hydrogen-bond acceptors (Lipinski definition) is 6. The van der Waals surface area contributed by atoms with E-state index in [1.54, 1.807) is 18.2 Å². The Balaban J connectivity index is 2.55. The van der Waals surface area contributed by atoms with Gasteiger partial charge in [-0.05, 0) is 40.8 Å². The number of hydrogen-bond donors (Lipinski definition) is 0. The lowest BCUT2D eigenvalue weighted by atomic mass is 10.2. The quantitative estimate of drug-likeness (QED) is 0.559. The molecule has 0 unspecified atom stereocenters. The molecule has 0 saturated heterocycles. The summed E-state index contributed by atoms with van der Waals surface area (Å²) in [5.74, 6) is -1.84. The summed E-state index contributed by atoms with van der Waals surface area (Å²) >= 11 is 8.10. The zero-order valence-electron chi connectivity index (χ0n) is 11.0. The summed E-state index contributed by atoms with van der Waals surface area (Å²) < 4.78 is 15.3. The number of carbonyl (C=O) groups is 2. The number of nitrogens with zero attached hydrogens (tertiary/aromatic N) is 1. The standard InChI is InChI=1S/C13H9ClINO5/c1-19-12(17)9-10(13(18)20-2)21-11(16-9)6-3-4-8(15)7(14)5-6/h3-5H,1-2H3. The molecule has 0 bridgehead atoms. The highest BCUT2D eigenvalue weighted by Gasteiger charge is 2.27. The molecule has 0 aliphatic carbocycles. The number of benzene rings is 1. The van der Waals surface area contributed by atoms with Gasteiger partial charge in [-0.25, -0.2) is 14.6 Å². The van der Waals surface area contributed by atoms with Crippen LogP contribution in [0.1, 0.15) is 21.0 Å². The molecule has 0 aliphatic heterocycles. The first-order valence-electron chi connectivity index (χ1n) is 5.60. The van der Waals surface area contributed by atoms with Gasteiger partial charge < -0.3 is 13.9 Å². The molecule has 1 aromatic carbocycles. The smallest absolute Gasteiger partial charge is 0.376 e. The Morgan fingerprint density at radius 3 is 2.48 bits per heavy atom. The van der Waals surface area contributed by atoms with E-state index in [4.69, 9.17) is 16.0 Å². The Morgan fingerprint density at radius 1 is 1.24 bits per heavy atom. The lowest BCUT2D eigenvalue weighted by Gasteiger charge is -1.98. The van der Waals surface area contributed by atoms with Crippen molar-refractivity contribution < 1.29 is 23.5 Å². The number of carbonyl (C=O) groups excluding carboxylic acids is 2. The Kier molecular flexibility index (Phi) is 4.84. The van der Waals surface area contributed by atoms with Crippen LogP contribution in [0.25, 0.3) is 11.5 Å². The van der Waals surface area contributed by atoms with E-state index in [0.29, 0.717) is 10.6 Å². The van der Waals surface area contributed by atoms with E-state index in [1.807, 2.05) is 0 Å². The van der Waals surface area contributed by atoms with Crippen LogP contribution in [0.5, 0.6) is 0 Å². The van der Waals surface area contributed by atoms with Gasteiger partial charge in [0.1, 0.15) is 0 Å². The zero-order chi connectivity index (χ0) is 15.6. The highest BCUT2D eigenvalue weighted by molar-refractivity contribution is 14.1. The van der Waals surface area contributed by atoms with Gasteiger partial charge >= 0.3 is 11.9 Å². The molecular formula is C13H9ClINO5. The van der Waals surface area contributed by atoms with Crippen molar-refractivity contribution in [2.75, 3.05) is 14.2 Å². The summed E-state index contributed by atoms with van der Waals surface area (Å²) in [5.41, 5.74) is 0.287. The van der Waals surface area contributed by atoms with Gasteiger partial charge in [0.2, 0.25) is 17.3 Å². The minimum Gasteiger partial charge on any atom is -0.464 e. The van der Waals surface area contributed by atoms with Gasteiger partial charge in [-0.3, -0.25) is 0 Å². The third-order valence-electron chi connectivity index (χ3n) is 2.54. The van der Waals surface area contributed by atoms with Crippen molar-refractivity contribution >= 4 is 46.1 Å². The predicted octanol–water partition coefficient (Wildman–Crippen LogP) is 3.17. The summed E-state index contributed by atoms with van der Waals surface area (Å²) in [5, 5.41) is 0.505. The highest BCUT2D eigenvalue weighted by Crippen LogP contribution is 2.28. The Labute approximate surface area is 138 Å². The minimum atomic E-state index is -0.814. The molecule has 2 aromatic rings. The maximum Gasteiger partial charge on any atom is 0.376 e. The molecule has 0 N–H and O–H groups in total. The summed E-state index contributed by atoms with van der Waals surface area (Å²) in [6.45, 7) is 0. The van der Waals surface area contributed by atoms with Crippen LogP contribution in [0.3, 0.4) is 0 Å². The third kappa shape index (κ3) is 3.18. The van der Waals surface area contributed by atoms with Crippen molar-refractivity contribution in [3.8, 4) is 11.5 Å². The van der Waals surface area contributed by atoms with Crippen molar-refractivity contribution in [2.24, 2.45) is 0 Å². The van der Waals surface area contributed by atoms with E-state index in [9.17, 15) is 9.59 Å². The van der Waals surface area contributed by atoms with Gasteiger partial charge in [-0.2, -0.15) is 0 Å². The minimum absolute atomic E-state index is 0.0779. The second-order valence-corrected chi connectivity index (χ2v) is 5.38. The van der Waals surface area contributed by atoms with E-state index >= 15 is 0 Å². The zero-order valence-corrected chi connectivity index (χ0v) is 13.9. The van der Waals surface area contributed by atoms with Gasteiger partial charge in [0.05, 0.1) is 19.2 Å². The number of ether oxygens (including phenoxy) is 2. The lowest BCUT2D eigenvalue weighted by molar-refractivity contribution is 0.0527. The fourth-order valence-electron chi connectivity index (χ4n) is 1.54. The molecule has 0 amide bonds. The molecule has 1 aromatic heterocycles. The predicted molar refractivity (Wildman–Crippen MR) is 82.3 cm³/mol. The SMILES string of the molecule is COC(=O)c1nc(-c2ccc(I)c(Cl)c2)oc1C(=O)OC. The molecule has 110 valence electrons. The maximum absolute atomic E-state index is 11.6. The molecule has 2 rings (SSSR count). The van der Waals surface area contributed by atoms with Crippen molar-refractivity contribution in [3.05, 3.63) is 38.2 Å².